The lowest BCUT2D eigenvalue weighted by molar-refractivity contribution is -0.139. The SMILES string of the molecule is CCN(C)C(=O)CC(=O)N(C)CC(C)CNC. The normalized spacial score (nSPS) is 12.1. The third-order valence-corrected chi connectivity index (χ3v) is 2.77. The second-order valence-electron chi connectivity index (χ2n) is 4.52. The van der Waals surface area contributed by atoms with Gasteiger partial charge in [-0.15, -0.1) is 0 Å². The number of nitrogens with one attached hydrogen (secondary N) is 1. The lowest BCUT2D eigenvalue weighted by Crippen LogP contribution is -2.37. The smallest absolute Gasteiger partial charge is 0.231 e. The summed E-state index contributed by atoms with van der Waals surface area (Å²) in [5, 5.41) is 3.07. The van der Waals surface area contributed by atoms with Crippen LogP contribution in [-0.2, 0) is 9.59 Å². The Bertz CT molecular complexity index is 256. The van der Waals surface area contributed by atoms with Gasteiger partial charge < -0.3 is 15.1 Å². The van der Waals surface area contributed by atoms with Gasteiger partial charge in [0.15, 0.2) is 0 Å². The van der Waals surface area contributed by atoms with E-state index in [0.29, 0.717) is 19.0 Å². The fraction of sp³-hybridized carbons (Fsp3) is 0.833. The fourth-order valence-corrected chi connectivity index (χ4v) is 1.56. The molecule has 1 unspecified atom stereocenters. The Balaban J connectivity index is 4.09. The summed E-state index contributed by atoms with van der Waals surface area (Å²) in [6.45, 7) is 6.12. The first kappa shape index (κ1) is 15.9. The van der Waals surface area contributed by atoms with Gasteiger partial charge in [0.1, 0.15) is 6.42 Å². The quantitative estimate of drug-likeness (QED) is 0.649. The van der Waals surface area contributed by atoms with E-state index in [1.54, 1.807) is 23.9 Å². The Morgan fingerprint density at radius 3 is 2.18 bits per heavy atom. The van der Waals surface area contributed by atoms with Crippen molar-refractivity contribution in [3.8, 4) is 0 Å². The average molecular weight is 243 g/mol. The van der Waals surface area contributed by atoms with Crippen LogP contribution in [0.5, 0.6) is 0 Å². The van der Waals surface area contributed by atoms with Crippen LogP contribution in [0.1, 0.15) is 20.3 Å². The number of hydrogen-bond donors (Lipinski definition) is 1. The van der Waals surface area contributed by atoms with E-state index in [9.17, 15) is 9.59 Å². The number of rotatable bonds is 7. The summed E-state index contributed by atoms with van der Waals surface area (Å²) < 4.78 is 0. The van der Waals surface area contributed by atoms with Gasteiger partial charge in [0.2, 0.25) is 11.8 Å². The molecule has 0 aliphatic heterocycles. The highest BCUT2D eigenvalue weighted by atomic mass is 16.2. The third kappa shape index (κ3) is 6.26. The maximum Gasteiger partial charge on any atom is 0.231 e. The molecule has 0 aromatic rings. The molecular weight excluding hydrogens is 218 g/mol. The van der Waals surface area contributed by atoms with Crippen molar-refractivity contribution >= 4 is 11.8 Å². The summed E-state index contributed by atoms with van der Waals surface area (Å²) in [6.07, 6.45) is -0.0346. The van der Waals surface area contributed by atoms with Gasteiger partial charge >= 0.3 is 0 Å². The second kappa shape index (κ2) is 8.06. The van der Waals surface area contributed by atoms with Crippen molar-refractivity contribution in [2.24, 2.45) is 5.92 Å². The van der Waals surface area contributed by atoms with Crippen molar-refractivity contribution in [1.82, 2.24) is 15.1 Å². The van der Waals surface area contributed by atoms with Crippen LogP contribution in [-0.4, -0.2) is 62.4 Å². The van der Waals surface area contributed by atoms with Crippen molar-refractivity contribution in [2.75, 3.05) is 40.8 Å². The molecule has 5 nitrogen and oxygen atoms in total. The van der Waals surface area contributed by atoms with Crippen LogP contribution in [0.3, 0.4) is 0 Å². The van der Waals surface area contributed by atoms with E-state index in [1.165, 1.54) is 0 Å². The summed E-state index contributed by atoms with van der Waals surface area (Å²) in [5.41, 5.74) is 0. The molecule has 0 rings (SSSR count). The number of carbonyl (C=O) groups is 2. The summed E-state index contributed by atoms with van der Waals surface area (Å²) >= 11 is 0. The van der Waals surface area contributed by atoms with Crippen LogP contribution in [0.4, 0.5) is 0 Å². The lowest BCUT2D eigenvalue weighted by atomic mass is 10.1. The van der Waals surface area contributed by atoms with E-state index < -0.39 is 0 Å². The maximum atomic E-state index is 11.8. The zero-order valence-electron chi connectivity index (χ0n) is 11.6. The minimum absolute atomic E-state index is 0.0346. The molecule has 0 saturated heterocycles. The van der Waals surface area contributed by atoms with Crippen LogP contribution in [0.15, 0.2) is 0 Å². The molecule has 0 bridgehead atoms. The van der Waals surface area contributed by atoms with Crippen LogP contribution >= 0.6 is 0 Å². The lowest BCUT2D eigenvalue weighted by Gasteiger charge is -2.22. The Labute approximate surface area is 104 Å². The van der Waals surface area contributed by atoms with E-state index in [1.807, 2.05) is 14.0 Å². The molecule has 100 valence electrons. The topological polar surface area (TPSA) is 52.7 Å². The number of nitrogens with zero attached hydrogens (tertiary/aromatic N) is 2. The zero-order chi connectivity index (χ0) is 13.4. The first-order chi connectivity index (χ1) is 7.92. The molecule has 0 saturated carbocycles. The van der Waals surface area contributed by atoms with Gasteiger partial charge in [-0.05, 0) is 26.4 Å². The van der Waals surface area contributed by atoms with E-state index in [-0.39, 0.29) is 18.2 Å². The van der Waals surface area contributed by atoms with Gasteiger partial charge in [-0.1, -0.05) is 6.92 Å². The molecule has 0 spiro atoms. The molecule has 0 radical (unpaired) electrons. The zero-order valence-corrected chi connectivity index (χ0v) is 11.6. The Morgan fingerprint density at radius 2 is 1.71 bits per heavy atom. The van der Waals surface area contributed by atoms with Crippen LogP contribution < -0.4 is 5.32 Å². The van der Waals surface area contributed by atoms with Gasteiger partial charge in [0.05, 0.1) is 0 Å². The van der Waals surface area contributed by atoms with Crippen molar-refractivity contribution < 1.29 is 9.59 Å². The summed E-state index contributed by atoms with van der Waals surface area (Å²) in [5.74, 6) is 0.150. The predicted molar refractivity (Wildman–Crippen MR) is 68.7 cm³/mol. The Hall–Kier alpha value is -1.10. The molecule has 0 aromatic heterocycles. The number of amides is 2. The Kier molecular flexibility index (Phi) is 7.54. The molecule has 0 aliphatic carbocycles. The van der Waals surface area contributed by atoms with Crippen molar-refractivity contribution in [3.63, 3.8) is 0 Å². The third-order valence-electron chi connectivity index (χ3n) is 2.77. The largest absolute Gasteiger partial charge is 0.346 e. The standard InChI is InChI=1S/C12H25N3O2/c1-6-14(4)11(16)7-12(17)15(5)9-10(2)8-13-3/h10,13H,6-9H2,1-5H3. The molecular formula is C12H25N3O2. The van der Waals surface area contributed by atoms with Crippen molar-refractivity contribution in [3.05, 3.63) is 0 Å². The Morgan fingerprint density at radius 1 is 1.18 bits per heavy atom. The monoisotopic (exact) mass is 243 g/mol. The van der Waals surface area contributed by atoms with Gasteiger partial charge in [-0.2, -0.15) is 0 Å². The highest BCUT2D eigenvalue weighted by Crippen LogP contribution is 2.00. The fourth-order valence-electron chi connectivity index (χ4n) is 1.56. The number of carbonyl (C=O) groups excluding carboxylic acids is 2. The minimum Gasteiger partial charge on any atom is -0.346 e. The van der Waals surface area contributed by atoms with Crippen molar-refractivity contribution in [1.29, 1.82) is 0 Å². The average Bonchev–Trinajstić information content (AvgIpc) is 2.27. The maximum absolute atomic E-state index is 11.8. The highest BCUT2D eigenvalue weighted by Gasteiger charge is 2.17. The molecule has 0 aliphatic rings. The van der Waals surface area contributed by atoms with Gasteiger partial charge in [0, 0.05) is 27.2 Å². The first-order valence-corrected chi connectivity index (χ1v) is 6.04. The molecule has 17 heavy (non-hydrogen) atoms. The molecule has 1 N–H and O–H groups in total. The van der Waals surface area contributed by atoms with Gasteiger partial charge in [-0.25, -0.2) is 0 Å². The predicted octanol–water partition coefficient (Wildman–Crippen LogP) is 0.169. The molecule has 5 heteroatoms. The minimum atomic E-state index is -0.120. The highest BCUT2D eigenvalue weighted by molar-refractivity contribution is 5.96. The molecule has 0 aromatic carbocycles. The summed E-state index contributed by atoms with van der Waals surface area (Å²) in [7, 11) is 5.34. The molecule has 0 fully saturated rings. The summed E-state index contributed by atoms with van der Waals surface area (Å²) in [6, 6.07) is 0. The van der Waals surface area contributed by atoms with Gasteiger partial charge in [0.25, 0.3) is 0 Å². The van der Waals surface area contributed by atoms with E-state index >= 15 is 0 Å². The van der Waals surface area contributed by atoms with E-state index in [2.05, 4.69) is 12.2 Å². The summed E-state index contributed by atoms with van der Waals surface area (Å²) in [4.78, 5) is 26.5. The van der Waals surface area contributed by atoms with Gasteiger partial charge in [-0.3, -0.25) is 9.59 Å². The molecule has 1 atom stereocenters. The molecule has 2 amide bonds. The molecule has 0 heterocycles. The second-order valence-corrected chi connectivity index (χ2v) is 4.52. The van der Waals surface area contributed by atoms with Crippen LogP contribution in [0.25, 0.3) is 0 Å². The van der Waals surface area contributed by atoms with Crippen LogP contribution in [0.2, 0.25) is 0 Å². The first-order valence-electron chi connectivity index (χ1n) is 6.04. The van der Waals surface area contributed by atoms with E-state index in [4.69, 9.17) is 0 Å². The van der Waals surface area contributed by atoms with Crippen LogP contribution in [0, 0.1) is 5.92 Å². The van der Waals surface area contributed by atoms with E-state index in [0.717, 1.165) is 6.54 Å². The number of hydrogen-bond acceptors (Lipinski definition) is 3. The van der Waals surface area contributed by atoms with Crippen molar-refractivity contribution in [2.45, 2.75) is 20.3 Å².